The zero-order valence-corrected chi connectivity index (χ0v) is 21.3. The molecule has 1 aliphatic carbocycles. The van der Waals surface area contributed by atoms with Gasteiger partial charge in [0, 0.05) is 39.5 Å². The molecule has 0 spiro atoms. The minimum atomic E-state index is -0.444. The van der Waals surface area contributed by atoms with Gasteiger partial charge in [0.25, 0.3) is 0 Å². The molecular weight excluding hydrogens is 480 g/mol. The molecule has 6 heteroatoms. The average Bonchev–Trinajstić information content (AvgIpc) is 2.86. The molecule has 0 aliphatic heterocycles. The Bertz CT molecular complexity index is 1350. The number of carbonyl (C=O) groups excluding carboxylic acids is 2. The maximum atomic E-state index is 12.0. The Morgan fingerprint density at radius 2 is 0.737 bits per heavy atom. The van der Waals surface area contributed by atoms with Crippen molar-refractivity contribution in [2.24, 2.45) is 0 Å². The summed E-state index contributed by atoms with van der Waals surface area (Å²) in [5.74, 6) is 0.260. The molecule has 0 heterocycles. The van der Waals surface area contributed by atoms with Crippen molar-refractivity contribution in [2.45, 2.75) is 39.5 Å². The van der Waals surface area contributed by atoms with Crippen molar-refractivity contribution in [3.05, 3.63) is 117 Å². The predicted octanol–water partition coefficient (Wildman–Crippen LogP) is 5.63. The molecular formula is C32H28O6. The Hall–Kier alpha value is -4.58. The summed E-state index contributed by atoms with van der Waals surface area (Å²) in [6, 6.07) is 22.4. The molecule has 0 radical (unpaired) electrons. The highest BCUT2D eigenvalue weighted by Crippen LogP contribution is 2.38. The zero-order chi connectivity index (χ0) is 26.8. The van der Waals surface area contributed by atoms with Gasteiger partial charge in [-0.1, -0.05) is 72.8 Å². The molecule has 8 bridgehead atoms. The van der Waals surface area contributed by atoms with Crippen LogP contribution in [0.3, 0.4) is 0 Å². The number of hydrogen-bond acceptors (Lipinski definition) is 6. The van der Waals surface area contributed by atoms with E-state index >= 15 is 0 Å². The lowest BCUT2D eigenvalue weighted by Gasteiger charge is -2.19. The van der Waals surface area contributed by atoms with E-state index in [1.807, 2.05) is 72.8 Å². The molecule has 0 amide bonds. The lowest BCUT2D eigenvalue weighted by molar-refractivity contribution is -0.132. The third-order valence-corrected chi connectivity index (χ3v) is 6.78. The van der Waals surface area contributed by atoms with E-state index in [0.29, 0.717) is 59.4 Å². The first-order valence-corrected chi connectivity index (χ1v) is 12.5. The Kier molecular flexibility index (Phi) is 6.88. The van der Waals surface area contributed by atoms with Crippen molar-refractivity contribution in [1.82, 2.24) is 0 Å². The Morgan fingerprint density at radius 3 is 0.974 bits per heavy atom. The maximum absolute atomic E-state index is 12.0. The molecule has 192 valence electrons. The van der Waals surface area contributed by atoms with Crippen LogP contribution in [-0.4, -0.2) is 22.2 Å². The average molecular weight is 509 g/mol. The summed E-state index contributed by atoms with van der Waals surface area (Å²) in [4.78, 5) is 24.1. The Labute approximate surface area is 221 Å². The lowest BCUT2D eigenvalue weighted by Crippen LogP contribution is -2.09. The van der Waals surface area contributed by atoms with Gasteiger partial charge in [-0.2, -0.15) is 0 Å². The second-order valence-electron chi connectivity index (χ2n) is 9.55. The van der Waals surface area contributed by atoms with Gasteiger partial charge in [0.1, 0.15) is 23.0 Å². The van der Waals surface area contributed by atoms with Crippen LogP contribution in [0.2, 0.25) is 0 Å². The molecule has 4 aromatic rings. The number of rotatable bonds is 2. The van der Waals surface area contributed by atoms with Gasteiger partial charge in [-0.05, 0) is 44.5 Å². The number of benzene rings is 4. The van der Waals surface area contributed by atoms with E-state index in [1.54, 1.807) is 0 Å². The number of hydrogen-bond donors (Lipinski definition) is 2. The van der Waals surface area contributed by atoms with Gasteiger partial charge in [-0.25, -0.2) is 0 Å². The summed E-state index contributed by atoms with van der Waals surface area (Å²) in [6.45, 7) is 2.72. The molecule has 0 fully saturated rings. The molecule has 4 aromatic carbocycles. The van der Waals surface area contributed by atoms with Gasteiger partial charge in [0.15, 0.2) is 0 Å². The Balaban J connectivity index is 1.74. The summed E-state index contributed by atoms with van der Waals surface area (Å²) >= 11 is 0. The molecule has 0 saturated carbocycles. The fraction of sp³-hybridized carbons (Fsp3) is 0.188. The number of fused-ring (bicyclic) bond motifs is 8. The van der Waals surface area contributed by atoms with Crippen LogP contribution in [0, 0.1) is 0 Å². The van der Waals surface area contributed by atoms with E-state index in [1.165, 1.54) is 13.8 Å². The second kappa shape index (κ2) is 10.4. The molecule has 0 unspecified atom stereocenters. The highest BCUT2D eigenvalue weighted by Gasteiger charge is 2.21. The van der Waals surface area contributed by atoms with Crippen LogP contribution in [0.15, 0.2) is 72.8 Å². The van der Waals surface area contributed by atoms with E-state index in [4.69, 9.17) is 9.47 Å². The normalized spacial score (nSPS) is 12.5. The maximum Gasteiger partial charge on any atom is 0.308 e. The number of ether oxygens (including phenoxy) is 2. The summed E-state index contributed by atoms with van der Waals surface area (Å²) in [7, 11) is 0. The zero-order valence-electron chi connectivity index (χ0n) is 21.3. The van der Waals surface area contributed by atoms with E-state index in [0.717, 1.165) is 22.3 Å². The van der Waals surface area contributed by atoms with Gasteiger partial charge in [0.05, 0.1) is 0 Å². The summed E-state index contributed by atoms with van der Waals surface area (Å²) < 4.78 is 11.4. The highest BCUT2D eigenvalue weighted by atomic mass is 16.5. The largest absolute Gasteiger partial charge is 0.507 e. The lowest BCUT2D eigenvalue weighted by atomic mass is 9.91. The topological polar surface area (TPSA) is 93.1 Å². The molecule has 1 aliphatic rings. The third-order valence-electron chi connectivity index (χ3n) is 6.78. The van der Waals surface area contributed by atoms with E-state index < -0.39 is 11.9 Å². The van der Waals surface area contributed by atoms with Gasteiger partial charge < -0.3 is 19.7 Å². The van der Waals surface area contributed by atoms with Crippen molar-refractivity contribution in [3.8, 4) is 23.0 Å². The molecule has 38 heavy (non-hydrogen) atoms. The van der Waals surface area contributed by atoms with Crippen LogP contribution >= 0.6 is 0 Å². The third kappa shape index (κ3) is 5.11. The molecule has 0 aromatic heterocycles. The summed E-state index contributed by atoms with van der Waals surface area (Å²) in [6.07, 6.45) is 1.33. The second-order valence-corrected chi connectivity index (χ2v) is 9.55. The first-order chi connectivity index (χ1) is 18.3. The molecule has 2 N–H and O–H groups in total. The van der Waals surface area contributed by atoms with Crippen LogP contribution < -0.4 is 9.47 Å². The number of phenols is 2. The standard InChI is InChI=1S/C32H28O6/c1-19(33)37-31-25-11-5-12-26(31)16-22-8-4-10-24(30(22)36)18-28-14-6-13-27(32(28)38-20(2)34)17-23-9-3-7-21(15-25)29(23)35/h3-14,35-36H,15-18H2,1-2H3. The van der Waals surface area contributed by atoms with Crippen molar-refractivity contribution >= 4 is 11.9 Å². The molecule has 0 saturated heterocycles. The summed E-state index contributed by atoms with van der Waals surface area (Å²) in [5, 5.41) is 22.5. The SMILES string of the molecule is CC(=O)Oc1c2cccc1Cc1cccc(c1O)Cc1cccc(c1OC(C)=O)Cc1cccc(c1O)C2. The quantitative estimate of drug-likeness (QED) is 0.237. The monoisotopic (exact) mass is 508 g/mol. The number of phenolic OH excluding ortho intramolecular Hbond substituents is 2. The number of carbonyl (C=O) groups is 2. The molecule has 0 atom stereocenters. The van der Waals surface area contributed by atoms with Crippen LogP contribution in [0.4, 0.5) is 0 Å². The first-order valence-electron chi connectivity index (χ1n) is 12.5. The first kappa shape index (κ1) is 25.1. The fourth-order valence-electron chi connectivity index (χ4n) is 5.06. The van der Waals surface area contributed by atoms with Gasteiger partial charge in [-0.15, -0.1) is 0 Å². The van der Waals surface area contributed by atoms with Crippen LogP contribution in [0.25, 0.3) is 0 Å². The van der Waals surface area contributed by atoms with Crippen LogP contribution in [0.1, 0.15) is 58.4 Å². The van der Waals surface area contributed by atoms with Crippen molar-refractivity contribution in [2.75, 3.05) is 0 Å². The fourth-order valence-corrected chi connectivity index (χ4v) is 5.06. The molecule has 6 nitrogen and oxygen atoms in total. The highest BCUT2D eigenvalue weighted by molar-refractivity contribution is 5.72. The van der Waals surface area contributed by atoms with Crippen molar-refractivity contribution in [3.63, 3.8) is 0 Å². The molecule has 5 rings (SSSR count). The smallest absolute Gasteiger partial charge is 0.308 e. The van der Waals surface area contributed by atoms with Crippen molar-refractivity contribution < 1.29 is 29.3 Å². The minimum Gasteiger partial charge on any atom is -0.507 e. The summed E-state index contributed by atoms with van der Waals surface area (Å²) in [5.41, 5.74) is 5.69. The van der Waals surface area contributed by atoms with E-state index in [-0.39, 0.29) is 11.5 Å². The minimum absolute atomic E-state index is 0.140. The van der Waals surface area contributed by atoms with Crippen molar-refractivity contribution in [1.29, 1.82) is 0 Å². The number of para-hydroxylation sites is 4. The Morgan fingerprint density at radius 1 is 0.500 bits per heavy atom. The number of aromatic hydroxyl groups is 2. The van der Waals surface area contributed by atoms with Crippen LogP contribution in [0.5, 0.6) is 23.0 Å². The van der Waals surface area contributed by atoms with Crippen LogP contribution in [-0.2, 0) is 35.3 Å². The van der Waals surface area contributed by atoms with E-state index in [9.17, 15) is 19.8 Å². The van der Waals surface area contributed by atoms with Gasteiger partial charge in [-0.3, -0.25) is 9.59 Å². The van der Waals surface area contributed by atoms with Gasteiger partial charge >= 0.3 is 11.9 Å². The van der Waals surface area contributed by atoms with Gasteiger partial charge in [0.2, 0.25) is 0 Å². The number of esters is 2. The predicted molar refractivity (Wildman–Crippen MR) is 143 cm³/mol. The van der Waals surface area contributed by atoms with E-state index in [2.05, 4.69) is 0 Å².